The minimum Gasteiger partial charge on any atom is -0.503 e. The maximum absolute atomic E-state index is 11.7. The normalized spacial score (nSPS) is 13.0. The summed E-state index contributed by atoms with van der Waals surface area (Å²) in [6.45, 7) is 5.75. The molecule has 1 aromatic carbocycles. The molecule has 0 aliphatic heterocycles. The summed E-state index contributed by atoms with van der Waals surface area (Å²) in [6, 6.07) is 7.50. The van der Waals surface area contributed by atoms with Crippen LogP contribution in [0.25, 0.3) is 10.9 Å². The van der Waals surface area contributed by atoms with E-state index < -0.39 is 34.9 Å². The van der Waals surface area contributed by atoms with E-state index in [0.717, 1.165) is 22.7 Å². The average Bonchev–Trinajstić information content (AvgIpc) is 3.00. The second-order valence-corrected chi connectivity index (χ2v) is 7.65. The van der Waals surface area contributed by atoms with Crippen LogP contribution in [0.1, 0.15) is 43.2 Å². The van der Waals surface area contributed by atoms with Gasteiger partial charge >= 0.3 is 5.97 Å². The highest BCUT2D eigenvalue weighted by atomic mass is 16.6. The lowest BCUT2D eigenvalue weighted by Crippen LogP contribution is -2.25. The number of aromatic nitrogens is 3. The molecule has 1 atom stereocenters. The SMILES string of the molecule is CC(C)(C)OC(O)n1cc(CCn2cc(O)c(=O)c(C(=O)O)n2)c2ccccc21. The van der Waals surface area contributed by atoms with Crippen molar-refractivity contribution in [3.8, 4) is 5.75 Å². The number of aromatic hydroxyl groups is 1. The van der Waals surface area contributed by atoms with E-state index >= 15 is 0 Å². The van der Waals surface area contributed by atoms with Gasteiger partial charge in [-0.2, -0.15) is 5.10 Å². The van der Waals surface area contributed by atoms with Gasteiger partial charge in [-0.15, -0.1) is 0 Å². The summed E-state index contributed by atoms with van der Waals surface area (Å²) in [6.07, 6.45) is 2.11. The Hall–Kier alpha value is -3.17. The molecule has 1 unspecified atom stereocenters. The number of para-hydroxylation sites is 1. The second kappa shape index (κ2) is 7.69. The minimum atomic E-state index is -1.50. The number of fused-ring (bicyclic) bond motifs is 1. The van der Waals surface area contributed by atoms with Crippen molar-refractivity contribution in [3.63, 3.8) is 0 Å². The molecule has 3 aromatic rings. The fourth-order valence-corrected chi connectivity index (χ4v) is 3.05. The molecule has 0 bridgehead atoms. The lowest BCUT2D eigenvalue weighted by Gasteiger charge is -2.25. The second-order valence-electron chi connectivity index (χ2n) is 7.65. The molecule has 0 radical (unpaired) electrons. The van der Waals surface area contributed by atoms with E-state index in [4.69, 9.17) is 9.84 Å². The number of benzene rings is 1. The van der Waals surface area contributed by atoms with Gasteiger partial charge in [-0.1, -0.05) is 18.2 Å². The first-order valence-electron chi connectivity index (χ1n) is 9.05. The number of ether oxygens (including phenoxy) is 1. The molecule has 0 saturated heterocycles. The van der Waals surface area contributed by atoms with E-state index in [9.17, 15) is 19.8 Å². The van der Waals surface area contributed by atoms with E-state index in [0.29, 0.717) is 6.42 Å². The molecule has 154 valence electrons. The van der Waals surface area contributed by atoms with Crippen molar-refractivity contribution in [2.24, 2.45) is 0 Å². The Morgan fingerprint density at radius 2 is 1.93 bits per heavy atom. The largest absolute Gasteiger partial charge is 0.503 e. The quantitative estimate of drug-likeness (QED) is 0.540. The highest BCUT2D eigenvalue weighted by molar-refractivity contribution is 5.85. The van der Waals surface area contributed by atoms with Crippen molar-refractivity contribution in [3.05, 3.63) is 58.1 Å². The van der Waals surface area contributed by atoms with Crippen LogP contribution in [0.2, 0.25) is 0 Å². The van der Waals surface area contributed by atoms with E-state index in [1.807, 2.05) is 45.0 Å². The van der Waals surface area contributed by atoms with Crippen LogP contribution in [0.15, 0.2) is 41.5 Å². The van der Waals surface area contributed by atoms with Crippen LogP contribution >= 0.6 is 0 Å². The maximum Gasteiger partial charge on any atom is 0.360 e. The molecular weight excluding hydrogens is 378 g/mol. The summed E-state index contributed by atoms with van der Waals surface area (Å²) < 4.78 is 8.48. The fourth-order valence-electron chi connectivity index (χ4n) is 3.05. The van der Waals surface area contributed by atoms with Crippen LogP contribution in [0.5, 0.6) is 5.75 Å². The third-order valence-electron chi connectivity index (χ3n) is 4.28. The monoisotopic (exact) mass is 401 g/mol. The zero-order valence-corrected chi connectivity index (χ0v) is 16.4. The van der Waals surface area contributed by atoms with Crippen molar-refractivity contribution in [1.82, 2.24) is 14.3 Å². The number of nitrogens with zero attached hydrogens (tertiary/aromatic N) is 3. The molecule has 2 aromatic heterocycles. The Balaban J connectivity index is 1.92. The molecule has 3 N–H and O–H groups in total. The van der Waals surface area contributed by atoms with E-state index in [1.165, 1.54) is 4.68 Å². The van der Waals surface area contributed by atoms with Gasteiger partial charge < -0.3 is 20.1 Å². The number of aliphatic hydroxyl groups is 1. The third-order valence-corrected chi connectivity index (χ3v) is 4.28. The van der Waals surface area contributed by atoms with Gasteiger partial charge in [0, 0.05) is 18.1 Å². The van der Waals surface area contributed by atoms with Crippen LogP contribution in [0.4, 0.5) is 0 Å². The fraction of sp³-hybridized carbons (Fsp3) is 0.350. The highest BCUT2D eigenvalue weighted by Gasteiger charge is 2.21. The molecule has 0 spiro atoms. The Kier molecular flexibility index (Phi) is 5.45. The first-order chi connectivity index (χ1) is 13.6. The zero-order valence-electron chi connectivity index (χ0n) is 16.4. The van der Waals surface area contributed by atoms with Gasteiger partial charge in [-0.25, -0.2) is 4.79 Å². The smallest absolute Gasteiger partial charge is 0.360 e. The average molecular weight is 401 g/mol. The van der Waals surface area contributed by atoms with Crippen LogP contribution in [-0.4, -0.2) is 41.2 Å². The molecule has 0 fully saturated rings. The highest BCUT2D eigenvalue weighted by Crippen LogP contribution is 2.27. The Morgan fingerprint density at radius 3 is 2.59 bits per heavy atom. The summed E-state index contributed by atoms with van der Waals surface area (Å²) in [5.41, 5.74) is -0.653. The summed E-state index contributed by atoms with van der Waals surface area (Å²) in [7, 11) is 0. The number of aryl methyl sites for hydroxylation is 2. The predicted octanol–water partition coefficient (Wildman–Crippen LogP) is 2.11. The van der Waals surface area contributed by atoms with Crippen LogP contribution < -0.4 is 5.43 Å². The zero-order chi connectivity index (χ0) is 21.3. The molecule has 2 heterocycles. The molecule has 3 rings (SSSR count). The minimum absolute atomic E-state index is 0.221. The van der Waals surface area contributed by atoms with Gasteiger partial charge in [0.1, 0.15) is 0 Å². The molecule has 0 saturated carbocycles. The number of rotatable bonds is 6. The lowest BCUT2D eigenvalue weighted by molar-refractivity contribution is -0.207. The van der Waals surface area contributed by atoms with Crippen LogP contribution in [0, 0.1) is 0 Å². The molecule has 0 amide bonds. The number of aliphatic hydroxyl groups excluding tert-OH is 1. The van der Waals surface area contributed by atoms with Gasteiger partial charge in [0.05, 0.1) is 17.3 Å². The number of hydrogen-bond acceptors (Lipinski definition) is 6. The molecule has 9 nitrogen and oxygen atoms in total. The Morgan fingerprint density at radius 1 is 1.24 bits per heavy atom. The van der Waals surface area contributed by atoms with Crippen molar-refractivity contribution in [2.75, 3.05) is 0 Å². The molecule has 0 aliphatic carbocycles. The molecule has 9 heteroatoms. The van der Waals surface area contributed by atoms with Crippen LogP contribution in [0.3, 0.4) is 0 Å². The van der Waals surface area contributed by atoms with Gasteiger partial charge in [0.25, 0.3) is 5.43 Å². The summed E-state index contributed by atoms with van der Waals surface area (Å²) in [5, 5.41) is 33.9. The van der Waals surface area contributed by atoms with Crippen LogP contribution in [-0.2, 0) is 17.7 Å². The third kappa shape index (κ3) is 4.47. The van der Waals surface area contributed by atoms with Crippen molar-refractivity contribution in [1.29, 1.82) is 0 Å². The van der Waals surface area contributed by atoms with Gasteiger partial charge in [-0.3, -0.25) is 14.0 Å². The molecular formula is C20H23N3O6. The number of carbonyl (C=O) groups is 1. The number of carboxylic acid groups (broad SMARTS) is 1. The van der Waals surface area contributed by atoms with E-state index in [-0.39, 0.29) is 6.54 Å². The Bertz CT molecular complexity index is 1110. The summed E-state index contributed by atoms with van der Waals surface area (Å²) in [5.74, 6) is -2.17. The maximum atomic E-state index is 11.7. The number of aromatic carboxylic acids is 1. The van der Waals surface area contributed by atoms with Crippen molar-refractivity contribution in [2.45, 2.75) is 45.8 Å². The molecule has 0 aliphatic rings. The lowest BCUT2D eigenvalue weighted by atomic mass is 10.1. The predicted molar refractivity (Wildman–Crippen MR) is 105 cm³/mol. The first kappa shape index (κ1) is 20.6. The first-order valence-corrected chi connectivity index (χ1v) is 9.05. The Labute approximate surface area is 166 Å². The van der Waals surface area contributed by atoms with Gasteiger partial charge in [0.15, 0.2) is 5.75 Å². The summed E-state index contributed by atoms with van der Waals surface area (Å²) >= 11 is 0. The van der Waals surface area contributed by atoms with E-state index in [2.05, 4.69) is 5.10 Å². The summed E-state index contributed by atoms with van der Waals surface area (Å²) in [4.78, 5) is 22.8. The number of hydrogen-bond donors (Lipinski definition) is 3. The van der Waals surface area contributed by atoms with Gasteiger partial charge in [-0.05, 0) is 38.8 Å². The van der Waals surface area contributed by atoms with Crippen molar-refractivity contribution >= 4 is 16.9 Å². The van der Waals surface area contributed by atoms with Crippen molar-refractivity contribution < 1.29 is 24.9 Å². The standard InChI is InChI=1S/C20H23N3O6/c1-20(2,3)29-19(28)23-10-12(13-6-4-5-7-14(13)23)8-9-22-11-15(24)17(25)16(21-22)18(26)27/h4-7,10-11,19,24,28H,8-9H2,1-3H3,(H,26,27). The van der Waals surface area contributed by atoms with Gasteiger partial charge in [0.2, 0.25) is 12.1 Å². The van der Waals surface area contributed by atoms with E-state index in [1.54, 1.807) is 10.8 Å². The topological polar surface area (TPSA) is 127 Å². The number of carboxylic acids is 1. The molecule has 29 heavy (non-hydrogen) atoms.